The van der Waals surface area contributed by atoms with E-state index in [0.717, 1.165) is 23.0 Å². The first-order chi connectivity index (χ1) is 8.31. The molecule has 5 nitrogen and oxygen atoms in total. The summed E-state index contributed by atoms with van der Waals surface area (Å²) in [6.07, 6.45) is 3.52. The van der Waals surface area contributed by atoms with E-state index >= 15 is 0 Å². The molecule has 0 radical (unpaired) electrons. The molecule has 0 amide bonds. The molecule has 0 saturated heterocycles. The van der Waals surface area contributed by atoms with E-state index in [-0.39, 0.29) is 0 Å². The molecule has 0 saturated carbocycles. The maximum absolute atomic E-state index is 5.19. The number of rotatable bonds is 5. The van der Waals surface area contributed by atoms with Crippen LogP contribution < -0.4 is 14.8 Å². The number of H-pyrrole nitrogens is 1. The summed E-state index contributed by atoms with van der Waals surface area (Å²) in [5.41, 5.74) is 0.928. The Morgan fingerprint density at radius 2 is 1.88 bits per heavy atom. The Labute approximate surface area is 99.8 Å². The van der Waals surface area contributed by atoms with Crippen molar-refractivity contribution in [2.75, 3.05) is 19.5 Å². The van der Waals surface area contributed by atoms with Crippen LogP contribution in [0.25, 0.3) is 0 Å². The molecule has 0 spiro atoms. The van der Waals surface area contributed by atoms with Gasteiger partial charge in [0.15, 0.2) is 0 Å². The van der Waals surface area contributed by atoms with Crippen LogP contribution in [0.2, 0.25) is 0 Å². The van der Waals surface area contributed by atoms with Crippen LogP contribution in [0.1, 0.15) is 5.82 Å². The zero-order chi connectivity index (χ0) is 12.1. The van der Waals surface area contributed by atoms with Crippen LogP contribution in [0, 0.1) is 0 Å². The second-order valence-electron chi connectivity index (χ2n) is 3.49. The molecule has 2 N–H and O–H groups in total. The van der Waals surface area contributed by atoms with Crippen molar-refractivity contribution in [1.29, 1.82) is 0 Å². The molecule has 0 aliphatic heterocycles. The van der Waals surface area contributed by atoms with Crippen molar-refractivity contribution in [3.8, 4) is 11.5 Å². The molecule has 2 aromatic rings. The van der Waals surface area contributed by atoms with Gasteiger partial charge in [-0.05, 0) is 0 Å². The number of methoxy groups -OCH3 is 2. The number of hydrogen-bond donors (Lipinski definition) is 2. The Hall–Kier alpha value is -2.17. The second kappa shape index (κ2) is 5.25. The van der Waals surface area contributed by atoms with Crippen LogP contribution in [0.15, 0.2) is 30.6 Å². The fourth-order valence-corrected chi connectivity index (χ4v) is 1.49. The number of anilines is 1. The number of ether oxygens (including phenoxy) is 2. The van der Waals surface area contributed by atoms with Gasteiger partial charge in [-0.3, -0.25) is 0 Å². The van der Waals surface area contributed by atoms with E-state index in [1.54, 1.807) is 26.6 Å². The fourth-order valence-electron chi connectivity index (χ4n) is 1.49. The topological polar surface area (TPSA) is 59.2 Å². The molecule has 1 heterocycles. The summed E-state index contributed by atoms with van der Waals surface area (Å²) in [5, 5.41) is 3.24. The van der Waals surface area contributed by atoms with E-state index in [2.05, 4.69) is 15.3 Å². The standard InChI is InChI=1S/C12H15N3O2/c1-16-10-5-9(6-11(7-10)17-2)15-8-12-13-3-4-14-12/h3-7,15H,8H2,1-2H3,(H,13,14). The van der Waals surface area contributed by atoms with E-state index in [4.69, 9.17) is 9.47 Å². The minimum Gasteiger partial charge on any atom is -0.497 e. The molecule has 1 aromatic heterocycles. The first-order valence-electron chi connectivity index (χ1n) is 5.27. The Morgan fingerprint density at radius 1 is 1.18 bits per heavy atom. The lowest BCUT2D eigenvalue weighted by Gasteiger charge is -2.09. The lowest BCUT2D eigenvalue weighted by atomic mass is 10.2. The summed E-state index contributed by atoms with van der Waals surface area (Å²) < 4.78 is 10.4. The third-order valence-corrected chi connectivity index (χ3v) is 2.37. The van der Waals surface area contributed by atoms with Crippen LogP contribution >= 0.6 is 0 Å². The second-order valence-corrected chi connectivity index (χ2v) is 3.49. The molecular weight excluding hydrogens is 218 g/mol. The van der Waals surface area contributed by atoms with E-state index < -0.39 is 0 Å². The lowest BCUT2D eigenvalue weighted by Crippen LogP contribution is -2.01. The van der Waals surface area contributed by atoms with E-state index in [1.807, 2.05) is 18.2 Å². The number of aromatic nitrogens is 2. The zero-order valence-electron chi connectivity index (χ0n) is 9.86. The van der Waals surface area contributed by atoms with Crippen LogP contribution in [0.5, 0.6) is 11.5 Å². The largest absolute Gasteiger partial charge is 0.497 e. The van der Waals surface area contributed by atoms with Crippen molar-refractivity contribution in [2.45, 2.75) is 6.54 Å². The highest BCUT2D eigenvalue weighted by atomic mass is 16.5. The van der Waals surface area contributed by atoms with Gasteiger partial charge < -0.3 is 19.8 Å². The summed E-state index contributed by atoms with van der Waals surface area (Å²) in [7, 11) is 3.26. The lowest BCUT2D eigenvalue weighted by molar-refractivity contribution is 0.394. The average molecular weight is 233 g/mol. The normalized spacial score (nSPS) is 10.0. The van der Waals surface area contributed by atoms with Gasteiger partial charge in [-0.25, -0.2) is 4.98 Å². The summed E-state index contributed by atoms with van der Waals surface area (Å²) in [6, 6.07) is 5.65. The third kappa shape index (κ3) is 2.90. The Balaban J connectivity index is 2.09. The van der Waals surface area contributed by atoms with Gasteiger partial charge in [0.1, 0.15) is 17.3 Å². The first-order valence-corrected chi connectivity index (χ1v) is 5.27. The molecule has 0 fully saturated rings. The first kappa shape index (κ1) is 11.3. The molecule has 0 atom stereocenters. The van der Waals surface area contributed by atoms with Crippen molar-refractivity contribution >= 4 is 5.69 Å². The molecule has 0 bridgehead atoms. The number of nitrogens with one attached hydrogen (secondary N) is 2. The number of aromatic amines is 1. The predicted octanol–water partition coefficient (Wildman–Crippen LogP) is 2.04. The van der Waals surface area contributed by atoms with Gasteiger partial charge in [0.2, 0.25) is 0 Å². The molecule has 90 valence electrons. The van der Waals surface area contributed by atoms with Crippen molar-refractivity contribution in [3.63, 3.8) is 0 Å². The Bertz CT molecular complexity index is 446. The fraction of sp³-hybridized carbons (Fsp3) is 0.250. The highest BCUT2D eigenvalue weighted by molar-refractivity contribution is 5.53. The van der Waals surface area contributed by atoms with Gasteiger partial charge in [-0.1, -0.05) is 0 Å². The number of hydrogen-bond acceptors (Lipinski definition) is 4. The van der Waals surface area contributed by atoms with E-state index in [9.17, 15) is 0 Å². The summed E-state index contributed by atoms with van der Waals surface area (Å²) in [4.78, 5) is 7.16. The molecule has 17 heavy (non-hydrogen) atoms. The van der Waals surface area contributed by atoms with Crippen molar-refractivity contribution in [2.24, 2.45) is 0 Å². The van der Waals surface area contributed by atoms with Crippen molar-refractivity contribution < 1.29 is 9.47 Å². The molecule has 1 aromatic carbocycles. The number of nitrogens with zero attached hydrogens (tertiary/aromatic N) is 1. The monoisotopic (exact) mass is 233 g/mol. The van der Waals surface area contributed by atoms with Crippen LogP contribution in [0.3, 0.4) is 0 Å². The van der Waals surface area contributed by atoms with Gasteiger partial charge in [0.05, 0.1) is 20.8 Å². The number of benzene rings is 1. The minimum atomic E-state index is 0.628. The van der Waals surface area contributed by atoms with Gasteiger partial charge in [0, 0.05) is 36.3 Å². The highest BCUT2D eigenvalue weighted by Gasteiger charge is 2.02. The summed E-state index contributed by atoms with van der Waals surface area (Å²) >= 11 is 0. The van der Waals surface area contributed by atoms with Crippen LogP contribution in [0.4, 0.5) is 5.69 Å². The zero-order valence-corrected chi connectivity index (χ0v) is 9.86. The molecule has 0 aliphatic rings. The Kier molecular flexibility index (Phi) is 3.49. The van der Waals surface area contributed by atoms with Gasteiger partial charge in [0.25, 0.3) is 0 Å². The molecule has 5 heteroatoms. The van der Waals surface area contributed by atoms with Crippen molar-refractivity contribution in [1.82, 2.24) is 9.97 Å². The Morgan fingerprint density at radius 3 is 2.41 bits per heavy atom. The SMILES string of the molecule is COc1cc(NCc2ncc[nH]2)cc(OC)c1. The minimum absolute atomic E-state index is 0.628. The van der Waals surface area contributed by atoms with E-state index in [0.29, 0.717) is 6.54 Å². The molecular formula is C12H15N3O2. The smallest absolute Gasteiger partial charge is 0.125 e. The van der Waals surface area contributed by atoms with Crippen molar-refractivity contribution in [3.05, 3.63) is 36.4 Å². The van der Waals surface area contributed by atoms with Gasteiger partial charge >= 0.3 is 0 Å². The predicted molar refractivity (Wildman–Crippen MR) is 65.5 cm³/mol. The third-order valence-electron chi connectivity index (χ3n) is 2.37. The maximum Gasteiger partial charge on any atom is 0.125 e. The average Bonchev–Trinajstić information content (AvgIpc) is 2.89. The van der Waals surface area contributed by atoms with Gasteiger partial charge in [-0.2, -0.15) is 0 Å². The number of imidazole rings is 1. The summed E-state index contributed by atoms with van der Waals surface area (Å²) in [6.45, 7) is 0.628. The summed E-state index contributed by atoms with van der Waals surface area (Å²) in [5.74, 6) is 2.39. The van der Waals surface area contributed by atoms with Crippen LogP contribution in [-0.4, -0.2) is 24.2 Å². The molecule has 2 rings (SSSR count). The highest BCUT2D eigenvalue weighted by Crippen LogP contribution is 2.25. The van der Waals surface area contributed by atoms with Crippen LogP contribution in [-0.2, 0) is 6.54 Å². The molecule has 0 unspecified atom stereocenters. The van der Waals surface area contributed by atoms with Gasteiger partial charge in [-0.15, -0.1) is 0 Å². The quantitative estimate of drug-likeness (QED) is 0.829. The maximum atomic E-state index is 5.19. The molecule has 0 aliphatic carbocycles. The van der Waals surface area contributed by atoms with E-state index in [1.165, 1.54) is 0 Å².